The molecule has 2 aliphatic rings. The first-order chi connectivity index (χ1) is 6.79. The molecule has 1 saturated heterocycles. The van der Waals surface area contributed by atoms with Crippen LogP contribution in [0.4, 0.5) is 0 Å². The molecule has 1 saturated carbocycles. The van der Waals surface area contributed by atoms with E-state index in [1.165, 1.54) is 58.0 Å². The van der Waals surface area contributed by atoms with Crippen molar-refractivity contribution in [2.45, 2.75) is 66.2 Å². The first kappa shape index (κ1) is 15.0. The highest BCUT2D eigenvalue weighted by molar-refractivity contribution is 4.63. The summed E-state index contributed by atoms with van der Waals surface area (Å²) >= 11 is 0. The second-order valence-electron chi connectivity index (χ2n) is 5.19. The molecule has 1 heteroatoms. The number of hydrogen-bond acceptors (Lipinski definition) is 1. The molecule has 2 rings (SSSR count). The van der Waals surface area contributed by atoms with Crippen LogP contribution in [0.1, 0.15) is 66.2 Å². The van der Waals surface area contributed by atoms with Crippen molar-refractivity contribution in [3.05, 3.63) is 0 Å². The van der Waals surface area contributed by atoms with Crippen LogP contribution >= 0.6 is 0 Å². The summed E-state index contributed by atoms with van der Waals surface area (Å²) in [7, 11) is 0. The van der Waals surface area contributed by atoms with Gasteiger partial charge >= 0.3 is 0 Å². The van der Waals surface area contributed by atoms with Crippen LogP contribution in [0.2, 0.25) is 0 Å². The summed E-state index contributed by atoms with van der Waals surface area (Å²) < 4.78 is 0. The largest absolute Gasteiger partial charge is 0.316 e. The highest BCUT2D eigenvalue weighted by atomic mass is 14.9. The molecule has 0 bridgehead atoms. The molecule has 1 aliphatic heterocycles. The fraction of sp³-hybridized carbons (Fsp3) is 1.00. The Balaban J connectivity index is 0.000000245. The van der Waals surface area contributed by atoms with Crippen molar-refractivity contribution in [1.82, 2.24) is 5.32 Å². The van der Waals surface area contributed by atoms with Crippen molar-refractivity contribution in [1.29, 1.82) is 0 Å². The van der Waals surface area contributed by atoms with E-state index in [1.54, 1.807) is 0 Å². The SMILES string of the molecule is C.CC1CCCCC1.C[C@@H]1CCCNC1. The van der Waals surface area contributed by atoms with E-state index in [0.29, 0.717) is 0 Å². The van der Waals surface area contributed by atoms with Gasteiger partial charge < -0.3 is 5.32 Å². The monoisotopic (exact) mass is 213 g/mol. The van der Waals surface area contributed by atoms with E-state index in [1.807, 2.05) is 0 Å². The molecule has 0 aromatic carbocycles. The van der Waals surface area contributed by atoms with Gasteiger partial charge in [0.1, 0.15) is 0 Å². The molecule has 0 aromatic heterocycles. The Morgan fingerprint density at radius 3 is 1.67 bits per heavy atom. The van der Waals surface area contributed by atoms with Crippen molar-refractivity contribution >= 4 is 0 Å². The van der Waals surface area contributed by atoms with Gasteiger partial charge in [-0.05, 0) is 37.8 Å². The van der Waals surface area contributed by atoms with Crippen molar-refractivity contribution in [3.63, 3.8) is 0 Å². The van der Waals surface area contributed by atoms with E-state index in [0.717, 1.165) is 11.8 Å². The third-order valence-electron chi connectivity index (χ3n) is 3.44. The van der Waals surface area contributed by atoms with Gasteiger partial charge in [-0.1, -0.05) is 53.4 Å². The van der Waals surface area contributed by atoms with Gasteiger partial charge in [0.2, 0.25) is 0 Å². The highest BCUT2D eigenvalue weighted by Gasteiger charge is 2.06. The summed E-state index contributed by atoms with van der Waals surface area (Å²) in [5, 5.41) is 3.33. The summed E-state index contributed by atoms with van der Waals surface area (Å²) in [6.07, 6.45) is 10.2. The van der Waals surface area contributed by atoms with Gasteiger partial charge in [0.15, 0.2) is 0 Å². The molecule has 1 aliphatic carbocycles. The summed E-state index contributed by atoms with van der Waals surface area (Å²) in [4.78, 5) is 0. The van der Waals surface area contributed by atoms with Crippen LogP contribution in [0.15, 0.2) is 0 Å². The first-order valence-corrected chi connectivity index (χ1v) is 6.49. The second kappa shape index (κ2) is 9.21. The minimum absolute atomic E-state index is 0. The van der Waals surface area contributed by atoms with E-state index in [4.69, 9.17) is 0 Å². The molecule has 0 aromatic rings. The van der Waals surface area contributed by atoms with Gasteiger partial charge in [0.05, 0.1) is 0 Å². The standard InChI is InChI=1S/C7H14.C6H13N.CH4/c1-7-5-3-2-4-6-7;1-6-3-2-4-7-5-6;/h7H,2-6H2,1H3;6-7H,2-5H2,1H3;1H4/t;6-;/m.1./s1. The molecule has 1 nitrogen and oxygen atoms in total. The fourth-order valence-corrected chi connectivity index (χ4v) is 2.33. The smallest absolute Gasteiger partial charge is 0.00231 e. The van der Waals surface area contributed by atoms with E-state index in [2.05, 4.69) is 19.2 Å². The van der Waals surface area contributed by atoms with Crippen molar-refractivity contribution in [2.75, 3.05) is 13.1 Å². The van der Waals surface area contributed by atoms with Crippen LogP contribution in [0.3, 0.4) is 0 Å². The van der Waals surface area contributed by atoms with Crippen molar-refractivity contribution < 1.29 is 0 Å². The Hall–Kier alpha value is -0.0400. The van der Waals surface area contributed by atoms with Gasteiger partial charge in [-0.3, -0.25) is 0 Å². The molecule has 1 heterocycles. The fourth-order valence-electron chi connectivity index (χ4n) is 2.33. The number of nitrogens with one attached hydrogen (secondary N) is 1. The minimum atomic E-state index is 0. The number of piperidine rings is 1. The zero-order chi connectivity index (χ0) is 10.2. The Bertz CT molecular complexity index is 105. The second-order valence-corrected chi connectivity index (χ2v) is 5.19. The predicted molar refractivity (Wildman–Crippen MR) is 70.2 cm³/mol. The van der Waals surface area contributed by atoms with Crippen LogP contribution in [0.5, 0.6) is 0 Å². The maximum Gasteiger partial charge on any atom is -0.00231 e. The van der Waals surface area contributed by atoms with Crippen LogP contribution in [0, 0.1) is 11.8 Å². The summed E-state index contributed by atoms with van der Waals surface area (Å²) in [6, 6.07) is 0. The lowest BCUT2D eigenvalue weighted by Gasteiger charge is -2.17. The van der Waals surface area contributed by atoms with Crippen LogP contribution in [0.25, 0.3) is 0 Å². The quantitative estimate of drug-likeness (QED) is 0.635. The molecule has 2 fully saturated rings. The molecule has 1 atom stereocenters. The maximum absolute atomic E-state index is 3.33. The van der Waals surface area contributed by atoms with E-state index in [9.17, 15) is 0 Å². The Morgan fingerprint density at radius 1 is 0.800 bits per heavy atom. The summed E-state index contributed by atoms with van der Waals surface area (Å²) in [5.74, 6) is 1.96. The molecule has 0 amide bonds. The predicted octanol–water partition coefficient (Wildman–Crippen LogP) is 4.23. The lowest BCUT2D eigenvalue weighted by atomic mass is 9.91. The summed E-state index contributed by atoms with van der Waals surface area (Å²) in [6.45, 7) is 7.13. The number of rotatable bonds is 0. The highest BCUT2D eigenvalue weighted by Crippen LogP contribution is 2.22. The molecule has 92 valence electrons. The Kier molecular flexibility index (Phi) is 9.18. The molecule has 15 heavy (non-hydrogen) atoms. The third kappa shape index (κ3) is 7.84. The van der Waals surface area contributed by atoms with Crippen LogP contribution in [-0.2, 0) is 0 Å². The van der Waals surface area contributed by atoms with Crippen LogP contribution in [-0.4, -0.2) is 13.1 Å². The third-order valence-corrected chi connectivity index (χ3v) is 3.44. The van der Waals surface area contributed by atoms with E-state index in [-0.39, 0.29) is 7.43 Å². The molecule has 0 spiro atoms. The molecule has 0 radical (unpaired) electrons. The van der Waals surface area contributed by atoms with Gasteiger partial charge in [-0.2, -0.15) is 0 Å². The first-order valence-electron chi connectivity index (χ1n) is 6.49. The van der Waals surface area contributed by atoms with Gasteiger partial charge in [0.25, 0.3) is 0 Å². The normalized spacial score (nSPS) is 27.2. The molecule has 0 unspecified atom stereocenters. The van der Waals surface area contributed by atoms with Crippen molar-refractivity contribution in [3.8, 4) is 0 Å². The average Bonchev–Trinajstić information content (AvgIpc) is 2.21. The van der Waals surface area contributed by atoms with Gasteiger partial charge in [0, 0.05) is 0 Å². The van der Waals surface area contributed by atoms with Crippen molar-refractivity contribution in [2.24, 2.45) is 11.8 Å². The lowest BCUT2D eigenvalue weighted by molar-refractivity contribution is 0.385. The Morgan fingerprint density at radius 2 is 1.40 bits per heavy atom. The summed E-state index contributed by atoms with van der Waals surface area (Å²) in [5.41, 5.74) is 0. The molecular formula is C14H31N. The molecule has 1 N–H and O–H groups in total. The van der Waals surface area contributed by atoms with E-state index >= 15 is 0 Å². The maximum atomic E-state index is 3.33. The number of hydrogen-bond donors (Lipinski definition) is 1. The minimum Gasteiger partial charge on any atom is -0.316 e. The average molecular weight is 213 g/mol. The molecular weight excluding hydrogens is 182 g/mol. The zero-order valence-electron chi connectivity index (χ0n) is 10.0. The topological polar surface area (TPSA) is 12.0 Å². The van der Waals surface area contributed by atoms with Gasteiger partial charge in [-0.15, -0.1) is 0 Å². The zero-order valence-corrected chi connectivity index (χ0v) is 10.0. The Labute approximate surface area is 97.0 Å². The van der Waals surface area contributed by atoms with Gasteiger partial charge in [-0.25, -0.2) is 0 Å². The van der Waals surface area contributed by atoms with E-state index < -0.39 is 0 Å². The van der Waals surface area contributed by atoms with Crippen LogP contribution < -0.4 is 5.32 Å². The lowest BCUT2D eigenvalue weighted by Crippen LogP contribution is -2.27.